The molecular formula is C13H20N4O3. The fourth-order valence-electron chi connectivity index (χ4n) is 1.88. The van der Waals surface area contributed by atoms with E-state index in [1.54, 1.807) is 22.8 Å². The molecule has 2 rings (SSSR count). The van der Waals surface area contributed by atoms with Crippen LogP contribution in [0.5, 0.6) is 0 Å². The first-order valence-electron chi connectivity index (χ1n) is 6.51. The average Bonchev–Trinajstić information content (AvgIpc) is 2.66. The summed E-state index contributed by atoms with van der Waals surface area (Å²) in [5.74, 6) is -0.182. The van der Waals surface area contributed by atoms with Crippen molar-refractivity contribution in [3.05, 3.63) is 18.2 Å². The highest BCUT2D eigenvalue weighted by atomic mass is 16.6. The zero-order valence-corrected chi connectivity index (χ0v) is 12.2. The number of carbonyl (C=O) groups excluding carboxylic acids is 2. The molecule has 0 saturated carbocycles. The number of amides is 2. The third-order valence-corrected chi connectivity index (χ3v) is 2.92. The number of ether oxygens (including phenoxy) is 1. The van der Waals surface area contributed by atoms with Gasteiger partial charge in [-0.15, -0.1) is 0 Å². The lowest BCUT2D eigenvalue weighted by Crippen LogP contribution is -2.61. The molecule has 1 saturated heterocycles. The maximum atomic E-state index is 11.9. The van der Waals surface area contributed by atoms with E-state index in [4.69, 9.17) is 4.74 Å². The summed E-state index contributed by atoms with van der Waals surface area (Å²) in [7, 11) is 1.76. The van der Waals surface area contributed by atoms with E-state index in [0.29, 0.717) is 18.8 Å². The maximum Gasteiger partial charge on any atom is 0.410 e. The predicted octanol–water partition coefficient (Wildman–Crippen LogP) is 0.769. The summed E-state index contributed by atoms with van der Waals surface area (Å²) in [6.07, 6.45) is 2.74. The summed E-state index contributed by atoms with van der Waals surface area (Å²) < 4.78 is 6.90. The first kappa shape index (κ1) is 14.4. The number of hydrogen-bond donors (Lipinski definition) is 1. The van der Waals surface area contributed by atoms with E-state index in [9.17, 15) is 9.59 Å². The Morgan fingerprint density at radius 2 is 2.05 bits per heavy atom. The van der Waals surface area contributed by atoms with Gasteiger partial charge in [-0.25, -0.2) is 9.78 Å². The van der Waals surface area contributed by atoms with Crippen molar-refractivity contribution in [1.29, 1.82) is 0 Å². The van der Waals surface area contributed by atoms with Gasteiger partial charge in [-0.1, -0.05) is 0 Å². The van der Waals surface area contributed by atoms with Gasteiger partial charge in [-0.3, -0.25) is 4.79 Å². The summed E-state index contributed by atoms with van der Waals surface area (Å²) in [4.78, 5) is 29.1. The van der Waals surface area contributed by atoms with Crippen molar-refractivity contribution in [1.82, 2.24) is 19.8 Å². The molecule has 0 radical (unpaired) electrons. The number of hydrogen-bond acceptors (Lipinski definition) is 4. The van der Waals surface area contributed by atoms with Crippen molar-refractivity contribution < 1.29 is 14.3 Å². The van der Waals surface area contributed by atoms with Gasteiger partial charge in [0.15, 0.2) is 0 Å². The summed E-state index contributed by atoms with van der Waals surface area (Å²) in [6.45, 7) is 6.42. The maximum absolute atomic E-state index is 11.9. The number of carbonyl (C=O) groups is 2. The van der Waals surface area contributed by atoms with Crippen molar-refractivity contribution in [2.45, 2.75) is 32.4 Å². The van der Waals surface area contributed by atoms with Gasteiger partial charge in [-0.2, -0.15) is 0 Å². The van der Waals surface area contributed by atoms with Crippen LogP contribution in [0.2, 0.25) is 0 Å². The molecule has 2 amide bonds. The fraction of sp³-hybridized carbons (Fsp3) is 0.615. The molecule has 7 heteroatoms. The van der Waals surface area contributed by atoms with Gasteiger partial charge >= 0.3 is 6.09 Å². The van der Waals surface area contributed by atoms with Gasteiger partial charge in [-0.05, 0) is 20.8 Å². The van der Waals surface area contributed by atoms with Crippen molar-refractivity contribution in [3.8, 4) is 0 Å². The second-order valence-corrected chi connectivity index (χ2v) is 5.95. The largest absolute Gasteiger partial charge is 0.444 e. The Morgan fingerprint density at radius 3 is 2.55 bits per heavy atom. The molecule has 0 aliphatic carbocycles. The number of rotatable bonds is 2. The van der Waals surface area contributed by atoms with E-state index in [1.165, 1.54) is 6.20 Å². The van der Waals surface area contributed by atoms with Crippen LogP contribution in [-0.2, 0) is 11.8 Å². The SMILES string of the molecule is Cn1cncc1C(=O)NC1CN(C(=O)OC(C)(C)C)C1. The van der Waals surface area contributed by atoms with Crippen LogP contribution in [0.3, 0.4) is 0 Å². The van der Waals surface area contributed by atoms with E-state index in [-0.39, 0.29) is 18.0 Å². The average molecular weight is 280 g/mol. The molecule has 1 N–H and O–H groups in total. The third kappa shape index (κ3) is 3.28. The molecule has 0 unspecified atom stereocenters. The molecule has 7 nitrogen and oxygen atoms in total. The standard InChI is InChI=1S/C13H20N4O3/c1-13(2,3)20-12(19)17-6-9(7-17)15-11(18)10-5-14-8-16(10)4/h5,8-9H,6-7H2,1-4H3,(H,15,18). The lowest BCUT2D eigenvalue weighted by atomic mass is 10.1. The van der Waals surface area contributed by atoms with E-state index < -0.39 is 5.60 Å². The normalized spacial score (nSPS) is 15.7. The first-order chi connectivity index (χ1) is 9.26. The van der Waals surface area contributed by atoms with Gasteiger partial charge in [0.05, 0.1) is 18.6 Å². The number of nitrogens with one attached hydrogen (secondary N) is 1. The van der Waals surface area contributed by atoms with Crippen molar-refractivity contribution in [2.24, 2.45) is 7.05 Å². The molecule has 20 heavy (non-hydrogen) atoms. The van der Waals surface area contributed by atoms with E-state index >= 15 is 0 Å². The minimum atomic E-state index is -0.500. The van der Waals surface area contributed by atoms with Crippen molar-refractivity contribution >= 4 is 12.0 Å². The second kappa shape index (κ2) is 5.15. The molecule has 1 fully saturated rings. The molecule has 1 aromatic heterocycles. The molecule has 1 aromatic rings. The molecule has 0 aromatic carbocycles. The Balaban J connectivity index is 1.79. The lowest BCUT2D eigenvalue weighted by molar-refractivity contribution is 0.00529. The second-order valence-electron chi connectivity index (χ2n) is 5.95. The van der Waals surface area contributed by atoms with E-state index in [2.05, 4.69) is 10.3 Å². The van der Waals surface area contributed by atoms with E-state index in [1.807, 2.05) is 20.8 Å². The zero-order valence-electron chi connectivity index (χ0n) is 12.2. The van der Waals surface area contributed by atoms with Crippen LogP contribution >= 0.6 is 0 Å². The Hall–Kier alpha value is -2.05. The predicted molar refractivity (Wildman–Crippen MR) is 72.3 cm³/mol. The third-order valence-electron chi connectivity index (χ3n) is 2.92. The van der Waals surface area contributed by atoms with Gasteiger partial charge in [0.1, 0.15) is 11.3 Å². The van der Waals surface area contributed by atoms with Crippen LogP contribution in [0.1, 0.15) is 31.3 Å². The van der Waals surface area contributed by atoms with Crippen molar-refractivity contribution in [3.63, 3.8) is 0 Å². The van der Waals surface area contributed by atoms with Gasteiger partial charge < -0.3 is 19.5 Å². The highest BCUT2D eigenvalue weighted by molar-refractivity contribution is 5.92. The van der Waals surface area contributed by atoms with Crippen molar-refractivity contribution in [2.75, 3.05) is 13.1 Å². The van der Waals surface area contributed by atoms with Gasteiger partial charge in [0, 0.05) is 20.1 Å². The number of aryl methyl sites for hydroxylation is 1. The summed E-state index contributed by atoms with van der Waals surface area (Å²) in [5.41, 5.74) is 0.000792. The molecule has 2 heterocycles. The van der Waals surface area contributed by atoms with Crippen LogP contribution < -0.4 is 5.32 Å². The summed E-state index contributed by atoms with van der Waals surface area (Å²) in [5, 5.41) is 2.86. The molecule has 0 atom stereocenters. The van der Waals surface area contributed by atoms with E-state index in [0.717, 1.165) is 0 Å². The number of aromatic nitrogens is 2. The molecule has 0 bridgehead atoms. The number of imidazole rings is 1. The summed E-state index contributed by atoms with van der Waals surface area (Å²) in [6, 6.07) is -0.0371. The molecule has 1 aliphatic rings. The quantitative estimate of drug-likeness (QED) is 0.868. The van der Waals surface area contributed by atoms with Crippen LogP contribution in [0.15, 0.2) is 12.5 Å². The Labute approximate surface area is 117 Å². The molecular weight excluding hydrogens is 260 g/mol. The first-order valence-corrected chi connectivity index (χ1v) is 6.51. The Bertz CT molecular complexity index is 512. The van der Waals surface area contributed by atoms with Crippen LogP contribution in [-0.4, -0.2) is 51.2 Å². The zero-order chi connectivity index (χ0) is 14.9. The Kier molecular flexibility index (Phi) is 3.69. The minimum Gasteiger partial charge on any atom is -0.444 e. The minimum absolute atomic E-state index is 0.0371. The van der Waals surface area contributed by atoms with Crippen LogP contribution in [0.4, 0.5) is 4.79 Å². The number of likely N-dealkylation sites (tertiary alicyclic amines) is 1. The molecule has 1 aliphatic heterocycles. The smallest absolute Gasteiger partial charge is 0.410 e. The lowest BCUT2D eigenvalue weighted by Gasteiger charge is -2.39. The van der Waals surface area contributed by atoms with Gasteiger partial charge in [0.25, 0.3) is 5.91 Å². The molecule has 110 valence electrons. The monoisotopic (exact) mass is 280 g/mol. The Morgan fingerprint density at radius 1 is 1.40 bits per heavy atom. The number of nitrogens with zero attached hydrogens (tertiary/aromatic N) is 3. The van der Waals surface area contributed by atoms with Crippen LogP contribution in [0, 0.1) is 0 Å². The highest BCUT2D eigenvalue weighted by Gasteiger charge is 2.34. The fourth-order valence-corrected chi connectivity index (χ4v) is 1.88. The topological polar surface area (TPSA) is 76.5 Å². The van der Waals surface area contributed by atoms with Crippen LogP contribution in [0.25, 0.3) is 0 Å². The summed E-state index contributed by atoms with van der Waals surface area (Å²) >= 11 is 0. The van der Waals surface area contributed by atoms with Gasteiger partial charge in [0.2, 0.25) is 0 Å². The molecule has 0 spiro atoms. The highest BCUT2D eigenvalue weighted by Crippen LogP contribution is 2.15.